The molecule has 0 aromatic carbocycles. The Bertz CT molecular complexity index is 749. The summed E-state index contributed by atoms with van der Waals surface area (Å²) in [6, 6.07) is 0.113. The molecule has 178 valence electrons. The zero-order chi connectivity index (χ0) is 25.0. The van der Waals surface area contributed by atoms with Gasteiger partial charge in [-0.2, -0.15) is 0 Å². The Kier molecular flexibility index (Phi) is 19.2. The lowest BCUT2D eigenvalue weighted by atomic mass is 9.93. The van der Waals surface area contributed by atoms with Crippen LogP contribution in [-0.4, -0.2) is 23.4 Å². The molecule has 0 saturated heterocycles. The third-order valence-electron chi connectivity index (χ3n) is 4.37. The van der Waals surface area contributed by atoms with Crippen LogP contribution in [0.5, 0.6) is 0 Å². The van der Waals surface area contributed by atoms with Gasteiger partial charge >= 0.3 is 0 Å². The standard InChI is InChI=1S/C15H20N2OS.C10H17N.C2H6/c1-5-8-12(9-6-2)15(10-11-15)13(18)17-14(19-4)16-7-3;1-4-6-8-10(7-5-2)9(3)11;1-2/h5-9H,1,3,10-11H2,2,4H3,(H,16,17,18);4-9H,11H2,1-3H3;1-2H3/b9-6-,12-8+;6-4-,7-5-,10-8+;. The van der Waals surface area contributed by atoms with Gasteiger partial charge in [0.1, 0.15) is 0 Å². The first-order valence-electron chi connectivity index (χ1n) is 11.1. The van der Waals surface area contributed by atoms with E-state index in [1.54, 1.807) is 6.08 Å². The minimum Gasteiger partial charge on any atom is -0.324 e. The van der Waals surface area contributed by atoms with Gasteiger partial charge in [0, 0.05) is 12.2 Å². The van der Waals surface area contributed by atoms with E-state index in [-0.39, 0.29) is 11.9 Å². The summed E-state index contributed by atoms with van der Waals surface area (Å²) in [4.78, 5) is 16.4. The van der Waals surface area contributed by atoms with Crippen LogP contribution < -0.4 is 11.1 Å². The molecule has 0 heterocycles. The molecule has 1 rings (SSSR count). The molecular formula is C27H43N3OS. The Balaban J connectivity index is 0. The second kappa shape index (κ2) is 19.3. The fraction of sp³-hybridized carbons (Fsp3) is 0.407. The molecule has 1 aliphatic rings. The quantitative estimate of drug-likeness (QED) is 0.237. The molecule has 1 aliphatic carbocycles. The molecule has 3 N–H and O–H groups in total. The van der Waals surface area contributed by atoms with Crippen molar-refractivity contribution < 1.29 is 4.79 Å². The van der Waals surface area contributed by atoms with E-state index in [0.717, 1.165) is 24.0 Å². The maximum atomic E-state index is 12.4. The molecule has 0 spiro atoms. The highest BCUT2D eigenvalue weighted by Crippen LogP contribution is 2.52. The van der Waals surface area contributed by atoms with Crippen LogP contribution in [0.25, 0.3) is 0 Å². The Morgan fingerprint density at radius 1 is 1.09 bits per heavy atom. The average molecular weight is 458 g/mol. The number of rotatable bonds is 8. The Labute approximate surface area is 200 Å². The molecule has 0 aromatic rings. The Hall–Kier alpha value is -2.37. The summed E-state index contributed by atoms with van der Waals surface area (Å²) >= 11 is 1.39. The number of aliphatic imine (C=N–C) groups is 1. The van der Waals surface area contributed by atoms with E-state index >= 15 is 0 Å². The molecule has 5 heteroatoms. The average Bonchev–Trinajstić information content (AvgIpc) is 3.60. The van der Waals surface area contributed by atoms with Gasteiger partial charge in [-0.1, -0.05) is 93.5 Å². The highest BCUT2D eigenvalue weighted by Gasteiger charge is 2.52. The van der Waals surface area contributed by atoms with Crippen molar-refractivity contribution in [2.75, 3.05) is 6.26 Å². The zero-order valence-corrected chi connectivity index (χ0v) is 21.8. The SMILES string of the molecule is C=C/C=C(\C=C/C)C1(C(=O)NC(=NC=C)SC)CC1.CC.C\C=C/C=C(\C=C/C)C(C)N. The van der Waals surface area contributed by atoms with E-state index in [9.17, 15) is 4.79 Å². The number of allylic oxidation sites excluding steroid dienone is 8. The molecule has 0 radical (unpaired) electrons. The molecule has 1 fully saturated rings. The molecule has 1 atom stereocenters. The van der Waals surface area contributed by atoms with Crippen LogP contribution in [0.4, 0.5) is 0 Å². The van der Waals surface area contributed by atoms with Gasteiger partial charge in [-0.05, 0) is 57.9 Å². The van der Waals surface area contributed by atoms with E-state index in [1.807, 2.05) is 96.4 Å². The van der Waals surface area contributed by atoms with Gasteiger partial charge in [0.15, 0.2) is 5.17 Å². The van der Waals surface area contributed by atoms with Gasteiger partial charge < -0.3 is 11.1 Å². The molecule has 1 saturated carbocycles. The van der Waals surface area contributed by atoms with Crippen molar-refractivity contribution in [2.24, 2.45) is 16.1 Å². The summed E-state index contributed by atoms with van der Waals surface area (Å²) in [7, 11) is 0. The van der Waals surface area contributed by atoms with Gasteiger partial charge in [-0.25, -0.2) is 4.99 Å². The molecule has 0 bridgehead atoms. The largest absolute Gasteiger partial charge is 0.324 e. The van der Waals surface area contributed by atoms with Crippen molar-refractivity contribution in [1.82, 2.24) is 5.32 Å². The van der Waals surface area contributed by atoms with Crippen molar-refractivity contribution >= 4 is 22.8 Å². The van der Waals surface area contributed by atoms with Crippen molar-refractivity contribution in [2.45, 2.75) is 60.4 Å². The van der Waals surface area contributed by atoms with Crippen LogP contribution >= 0.6 is 11.8 Å². The summed E-state index contributed by atoms with van der Waals surface area (Å²) < 4.78 is 0. The number of amidine groups is 1. The zero-order valence-electron chi connectivity index (χ0n) is 21.0. The summed E-state index contributed by atoms with van der Waals surface area (Å²) in [6.45, 7) is 19.2. The number of amides is 1. The van der Waals surface area contributed by atoms with Crippen LogP contribution in [0.1, 0.15) is 54.4 Å². The number of thioether (sulfide) groups is 1. The van der Waals surface area contributed by atoms with Crippen molar-refractivity contribution in [3.8, 4) is 0 Å². The summed E-state index contributed by atoms with van der Waals surface area (Å²) in [5, 5.41) is 3.44. The minimum absolute atomic E-state index is 0.00588. The van der Waals surface area contributed by atoms with E-state index in [4.69, 9.17) is 5.73 Å². The van der Waals surface area contributed by atoms with Crippen LogP contribution in [0.3, 0.4) is 0 Å². The number of hydrogen-bond acceptors (Lipinski definition) is 4. The second-order valence-corrected chi connectivity index (χ2v) is 7.49. The summed E-state index contributed by atoms with van der Waals surface area (Å²) in [6.07, 6.45) is 22.6. The Morgan fingerprint density at radius 2 is 1.69 bits per heavy atom. The number of hydrogen-bond donors (Lipinski definition) is 2. The van der Waals surface area contributed by atoms with Crippen molar-refractivity contribution in [3.63, 3.8) is 0 Å². The fourth-order valence-electron chi connectivity index (χ4n) is 2.65. The maximum Gasteiger partial charge on any atom is 0.236 e. The van der Waals surface area contributed by atoms with Crippen LogP contribution in [0.2, 0.25) is 0 Å². The van der Waals surface area contributed by atoms with Gasteiger partial charge in [-0.15, -0.1) is 0 Å². The van der Waals surface area contributed by atoms with Crippen LogP contribution in [0.15, 0.2) is 90.2 Å². The topological polar surface area (TPSA) is 67.5 Å². The molecular weight excluding hydrogens is 414 g/mol. The van der Waals surface area contributed by atoms with Crippen molar-refractivity contribution in [1.29, 1.82) is 0 Å². The Morgan fingerprint density at radius 3 is 2.06 bits per heavy atom. The first-order chi connectivity index (χ1) is 15.4. The lowest BCUT2D eigenvalue weighted by Gasteiger charge is -2.16. The van der Waals surface area contributed by atoms with E-state index < -0.39 is 5.41 Å². The molecule has 1 amide bonds. The van der Waals surface area contributed by atoms with Gasteiger partial charge in [-0.3, -0.25) is 4.79 Å². The lowest BCUT2D eigenvalue weighted by molar-refractivity contribution is -0.123. The van der Waals surface area contributed by atoms with Gasteiger partial charge in [0.2, 0.25) is 5.91 Å². The predicted octanol–water partition coefficient (Wildman–Crippen LogP) is 6.87. The molecule has 32 heavy (non-hydrogen) atoms. The van der Waals surface area contributed by atoms with Crippen molar-refractivity contribution in [3.05, 3.63) is 85.2 Å². The monoisotopic (exact) mass is 457 g/mol. The second-order valence-electron chi connectivity index (χ2n) is 6.70. The third-order valence-corrected chi connectivity index (χ3v) is 4.96. The van der Waals surface area contributed by atoms with E-state index in [2.05, 4.69) is 23.5 Å². The number of carbonyl (C=O) groups excluding carboxylic acids is 1. The molecule has 0 aliphatic heterocycles. The number of carbonyl (C=O) groups is 1. The highest BCUT2D eigenvalue weighted by molar-refractivity contribution is 8.13. The predicted molar refractivity (Wildman–Crippen MR) is 147 cm³/mol. The minimum atomic E-state index is -0.418. The highest BCUT2D eigenvalue weighted by atomic mass is 32.2. The number of nitrogens with one attached hydrogen (secondary N) is 1. The van der Waals surface area contributed by atoms with Crippen LogP contribution in [-0.2, 0) is 4.79 Å². The lowest BCUT2D eigenvalue weighted by Crippen LogP contribution is -2.36. The summed E-state index contributed by atoms with van der Waals surface area (Å²) in [5.74, 6) is -0.00588. The number of nitrogens with zero attached hydrogens (tertiary/aromatic N) is 1. The number of nitrogens with two attached hydrogens (primary N) is 1. The molecule has 1 unspecified atom stereocenters. The van der Waals surface area contributed by atoms with E-state index in [0.29, 0.717) is 5.17 Å². The molecule has 4 nitrogen and oxygen atoms in total. The first-order valence-corrected chi connectivity index (χ1v) is 12.3. The smallest absolute Gasteiger partial charge is 0.236 e. The normalized spacial score (nSPS) is 16.7. The van der Waals surface area contributed by atoms with Gasteiger partial charge in [0.05, 0.1) is 5.41 Å². The summed E-state index contributed by atoms with van der Waals surface area (Å²) in [5.41, 5.74) is 7.45. The first kappa shape index (κ1) is 31.8. The third kappa shape index (κ3) is 11.9. The fourth-order valence-corrected chi connectivity index (χ4v) is 3.02. The van der Waals surface area contributed by atoms with Crippen LogP contribution in [0, 0.1) is 5.41 Å². The molecule has 0 aromatic heterocycles. The van der Waals surface area contributed by atoms with E-state index in [1.165, 1.54) is 18.0 Å². The maximum absolute atomic E-state index is 12.4. The van der Waals surface area contributed by atoms with Gasteiger partial charge in [0.25, 0.3) is 0 Å².